The maximum absolute atomic E-state index is 11.6. The summed E-state index contributed by atoms with van der Waals surface area (Å²) < 4.78 is 7.96. The van der Waals surface area contributed by atoms with E-state index >= 15 is 0 Å². The van der Waals surface area contributed by atoms with Gasteiger partial charge in [0.1, 0.15) is 12.0 Å². The lowest BCUT2D eigenvalue weighted by Gasteiger charge is -2.20. The quantitative estimate of drug-likeness (QED) is 0.831. The number of nitrogens with one attached hydrogen (secondary N) is 2. The van der Waals surface area contributed by atoms with Gasteiger partial charge in [0.15, 0.2) is 5.69 Å². The lowest BCUT2D eigenvalue weighted by atomic mass is 10.0. The van der Waals surface area contributed by atoms with Crippen LogP contribution in [0.3, 0.4) is 0 Å². The molecule has 3 heterocycles. The molecule has 18 heavy (non-hydrogen) atoms. The lowest BCUT2D eigenvalue weighted by Crippen LogP contribution is -2.35. The Morgan fingerprint density at radius 2 is 2.39 bits per heavy atom. The molecule has 1 aromatic rings. The molecule has 3 rings (SSSR count). The van der Waals surface area contributed by atoms with Gasteiger partial charge in [-0.15, -0.1) is 0 Å². The molecule has 6 nitrogen and oxygen atoms in total. The topological polar surface area (TPSA) is 68.2 Å². The molecule has 2 aliphatic heterocycles. The third-order valence-corrected chi connectivity index (χ3v) is 3.77. The van der Waals surface area contributed by atoms with Crippen molar-refractivity contribution in [2.45, 2.75) is 39.0 Å². The average Bonchev–Trinajstić information content (AvgIpc) is 2.93. The standard InChI is InChI=1S/C12H18N4O2/c1-3-8-7(2)4-9(18-8)16-6-15-10-11(16)13-5-14-12(10)17/h6-9,13H,3-5H2,1-2H3,(H,14,17)/t7-,8-,9-/m1/s1. The fraction of sp³-hybridized carbons (Fsp3) is 0.667. The number of carbonyl (C=O) groups is 1. The molecule has 0 aromatic carbocycles. The fourth-order valence-electron chi connectivity index (χ4n) is 2.75. The Kier molecular flexibility index (Phi) is 2.74. The van der Waals surface area contributed by atoms with Gasteiger partial charge in [0.2, 0.25) is 0 Å². The van der Waals surface area contributed by atoms with Gasteiger partial charge in [-0.1, -0.05) is 13.8 Å². The molecule has 0 bridgehead atoms. The number of hydrogen-bond acceptors (Lipinski definition) is 4. The van der Waals surface area contributed by atoms with E-state index in [1.54, 1.807) is 6.33 Å². The Balaban J connectivity index is 1.88. The van der Waals surface area contributed by atoms with Crippen LogP contribution in [0.15, 0.2) is 6.33 Å². The molecule has 0 radical (unpaired) electrons. The van der Waals surface area contributed by atoms with Crippen LogP contribution < -0.4 is 10.6 Å². The zero-order chi connectivity index (χ0) is 12.7. The highest BCUT2D eigenvalue weighted by molar-refractivity contribution is 5.98. The largest absolute Gasteiger partial charge is 0.354 e. The van der Waals surface area contributed by atoms with E-state index in [2.05, 4.69) is 29.5 Å². The van der Waals surface area contributed by atoms with E-state index in [1.807, 2.05) is 4.57 Å². The summed E-state index contributed by atoms with van der Waals surface area (Å²) in [5.41, 5.74) is 0.456. The highest BCUT2D eigenvalue weighted by Gasteiger charge is 2.34. The summed E-state index contributed by atoms with van der Waals surface area (Å²) in [6.07, 6.45) is 3.95. The molecule has 0 unspecified atom stereocenters. The van der Waals surface area contributed by atoms with Crippen molar-refractivity contribution in [2.75, 3.05) is 12.0 Å². The zero-order valence-corrected chi connectivity index (χ0v) is 10.6. The van der Waals surface area contributed by atoms with Gasteiger partial charge in [-0.05, 0) is 18.8 Å². The third-order valence-electron chi connectivity index (χ3n) is 3.77. The fourth-order valence-corrected chi connectivity index (χ4v) is 2.75. The van der Waals surface area contributed by atoms with Gasteiger partial charge in [0, 0.05) is 0 Å². The Morgan fingerprint density at radius 1 is 1.56 bits per heavy atom. The number of carbonyl (C=O) groups excluding carboxylic acids is 1. The summed E-state index contributed by atoms with van der Waals surface area (Å²) >= 11 is 0. The van der Waals surface area contributed by atoms with Crippen molar-refractivity contribution in [1.29, 1.82) is 0 Å². The van der Waals surface area contributed by atoms with E-state index in [4.69, 9.17) is 4.74 Å². The Hall–Kier alpha value is -1.56. The summed E-state index contributed by atoms with van der Waals surface area (Å²) in [5.74, 6) is 1.18. The second kappa shape index (κ2) is 4.28. The molecule has 1 fully saturated rings. The van der Waals surface area contributed by atoms with Gasteiger partial charge < -0.3 is 15.4 Å². The highest BCUT2D eigenvalue weighted by atomic mass is 16.5. The summed E-state index contributed by atoms with van der Waals surface area (Å²) in [7, 11) is 0. The van der Waals surface area contributed by atoms with Gasteiger partial charge in [-0.25, -0.2) is 4.98 Å². The second-order valence-corrected chi connectivity index (χ2v) is 4.96. The van der Waals surface area contributed by atoms with Crippen LogP contribution in [-0.4, -0.2) is 28.2 Å². The first-order chi connectivity index (χ1) is 8.70. The van der Waals surface area contributed by atoms with E-state index in [9.17, 15) is 4.79 Å². The van der Waals surface area contributed by atoms with Crippen molar-refractivity contribution in [2.24, 2.45) is 5.92 Å². The first-order valence-corrected chi connectivity index (χ1v) is 6.45. The number of aromatic nitrogens is 2. The van der Waals surface area contributed by atoms with E-state index in [-0.39, 0.29) is 12.1 Å². The van der Waals surface area contributed by atoms with E-state index in [0.717, 1.165) is 18.7 Å². The number of rotatable bonds is 2. The van der Waals surface area contributed by atoms with Crippen molar-refractivity contribution in [3.8, 4) is 0 Å². The van der Waals surface area contributed by atoms with Gasteiger partial charge >= 0.3 is 0 Å². The minimum atomic E-state index is -0.124. The first-order valence-electron chi connectivity index (χ1n) is 6.45. The monoisotopic (exact) mass is 250 g/mol. The van der Waals surface area contributed by atoms with Crippen LogP contribution in [0.4, 0.5) is 5.82 Å². The predicted molar refractivity (Wildman–Crippen MR) is 66.2 cm³/mol. The Morgan fingerprint density at radius 3 is 3.11 bits per heavy atom. The minimum Gasteiger partial charge on any atom is -0.354 e. The Labute approximate surface area is 106 Å². The Bertz CT molecular complexity index is 471. The summed E-state index contributed by atoms with van der Waals surface area (Å²) in [4.78, 5) is 15.8. The summed E-state index contributed by atoms with van der Waals surface area (Å²) in [5, 5.41) is 5.86. The van der Waals surface area contributed by atoms with Crippen molar-refractivity contribution in [3.63, 3.8) is 0 Å². The smallest absolute Gasteiger partial charge is 0.275 e. The summed E-state index contributed by atoms with van der Waals surface area (Å²) in [6.45, 7) is 4.79. The number of amides is 1. The molecule has 2 N–H and O–H groups in total. The van der Waals surface area contributed by atoms with Gasteiger partial charge in [0.05, 0.1) is 19.1 Å². The third kappa shape index (κ3) is 1.68. The number of anilines is 1. The molecular formula is C12H18N4O2. The first kappa shape index (κ1) is 11.5. The molecular weight excluding hydrogens is 232 g/mol. The molecule has 98 valence electrons. The predicted octanol–water partition coefficient (Wildman–Crippen LogP) is 1.33. The molecule has 1 amide bonds. The molecule has 1 saturated heterocycles. The van der Waals surface area contributed by atoms with Crippen molar-refractivity contribution >= 4 is 11.7 Å². The minimum absolute atomic E-state index is 0.0143. The van der Waals surface area contributed by atoms with Crippen LogP contribution in [-0.2, 0) is 4.74 Å². The van der Waals surface area contributed by atoms with Crippen molar-refractivity contribution < 1.29 is 9.53 Å². The van der Waals surface area contributed by atoms with Gasteiger partial charge in [-0.2, -0.15) is 0 Å². The molecule has 2 aliphatic rings. The van der Waals surface area contributed by atoms with Crippen LogP contribution >= 0.6 is 0 Å². The molecule has 0 aliphatic carbocycles. The highest BCUT2D eigenvalue weighted by Crippen LogP contribution is 2.37. The van der Waals surface area contributed by atoms with Crippen molar-refractivity contribution in [3.05, 3.63) is 12.0 Å². The molecule has 0 spiro atoms. The van der Waals surface area contributed by atoms with Gasteiger partial charge in [-0.3, -0.25) is 9.36 Å². The molecule has 3 atom stereocenters. The van der Waals surface area contributed by atoms with E-state index < -0.39 is 0 Å². The number of fused-ring (bicyclic) bond motifs is 1. The zero-order valence-electron chi connectivity index (χ0n) is 10.6. The average molecular weight is 250 g/mol. The van der Waals surface area contributed by atoms with E-state index in [1.165, 1.54) is 0 Å². The number of nitrogens with zero attached hydrogens (tertiary/aromatic N) is 2. The number of ether oxygens (including phenoxy) is 1. The molecule has 1 aromatic heterocycles. The number of imidazole rings is 1. The second-order valence-electron chi connectivity index (χ2n) is 4.96. The van der Waals surface area contributed by atoms with Crippen LogP contribution in [0.5, 0.6) is 0 Å². The molecule has 6 heteroatoms. The van der Waals surface area contributed by atoms with Crippen LogP contribution in [0.2, 0.25) is 0 Å². The maximum Gasteiger partial charge on any atom is 0.275 e. The maximum atomic E-state index is 11.6. The van der Waals surface area contributed by atoms with Crippen molar-refractivity contribution in [1.82, 2.24) is 14.9 Å². The van der Waals surface area contributed by atoms with Crippen LogP contribution in [0.25, 0.3) is 0 Å². The molecule has 0 saturated carbocycles. The van der Waals surface area contributed by atoms with Gasteiger partial charge in [0.25, 0.3) is 5.91 Å². The normalized spacial score (nSPS) is 30.8. The van der Waals surface area contributed by atoms with Crippen LogP contribution in [0, 0.1) is 5.92 Å². The lowest BCUT2D eigenvalue weighted by molar-refractivity contribution is -0.00397. The van der Waals surface area contributed by atoms with E-state index in [0.29, 0.717) is 24.4 Å². The van der Waals surface area contributed by atoms with Crippen LogP contribution in [0.1, 0.15) is 43.4 Å². The number of hydrogen-bond donors (Lipinski definition) is 2. The summed E-state index contributed by atoms with van der Waals surface area (Å²) in [6, 6.07) is 0. The SMILES string of the molecule is CC[C@H]1O[C@@H](n2cnc3c2NCNC3=O)C[C@H]1C.